The van der Waals surface area contributed by atoms with Crippen molar-refractivity contribution in [2.75, 3.05) is 72.1 Å². The molecule has 2 saturated heterocycles. The Hall–Kier alpha value is -7.27. The van der Waals surface area contributed by atoms with Gasteiger partial charge in [0, 0.05) is 73.2 Å². The van der Waals surface area contributed by atoms with Crippen LogP contribution in [0.3, 0.4) is 0 Å². The lowest BCUT2D eigenvalue weighted by Gasteiger charge is -2.22. The largest absolute Gasteiger partial charge is 0.504 e. The normalized spacial score (nSPS) is 15.3. The summed E-state index contributed by atoms with van der Waals surface area (Å²) in [6, 6.07) is 35.5. The lowest BCUT2D eigenvalue weighted by atomic mass is 10.0. The molecule has 6 aromatic rings. The SMILES string of the molecule is COC(=O)c1ccc(C(=O)NCCCCCCn2cc(COc3ccc(N=Nc4ccc(C(=O)NCCCOCCOCCOCCCNC(=O)CCCC[C@@H]5SC[C@@H]6NC(=O)N[C@@H]65)cc4)c(O)c3Br)nn2)cc1P(c1ccccc1)c1ccccc1. The van der Waals surface area contributed by atoms with Gasteiger partial charge >= 0.3 is 12.0 Å². The molecule has 24 heteroatoms. The molecule has 1 aromatic heterocycles. The third-order valence-corrected chi connectivity index (χ3v) is 19.1. The number of benzene rings is 5. The number of hydrogen-bond donors (Lipinski definition) is 6. The third kappa shape index (κ3) is 20.7. The second kappa shape index (κ2) is 35.5. The van der Waals surface area contributed by atoms with Gasteiger partial charge in [0.05, 0.1) is 63.1 Å². The Bertz CT molecular complexity index is 3160. The van der Waals surface area contributed by atoms with Crippen molar-refractivity contribution in [3.63, 3.8) is 0 Å². The fourth-order valence-electron chi connectivity index (χ4n) is 9.75. The number of unbranched alkanes of at least 4 members (excludes halogenated alkanes) is 4. The molecule has 2 fully saturated rings. The number of esters is 1. The predicted octanol–water partition coefficient (Wildman–Crippen LogP) is 8.68. The maximum absolute atomic E-state index is 13.4. The van der Waals surface area contributed by atoms with Gasteiger partial charge in [0.2, 0.25) is 5.91 Å². The van der Waals surface area contributed by atoms with E-state index >= 15 is 0 Å². The van der Waals surface area contributed by atoms with E-state index in [2.05, 4.69) is 63.1 Å². The van der Waals surface area contributed by atoms with E-state index in [9.17, 15) is 29.1 Å². The van der Waals surface area contributed by atoms with E-state index < -0.39 is 13.9 Å². The summed E-state index contributed by atoms with van der Waals surface area (Å²) in [6.45, 7) is 5.05. The Morgan fingerprint density at radius 3 is 2.07 bits per heavy atom. The van der Waals surface area contributed by atoms with Gasteiger partial charge in [-0.05, 0) is 128 Å². The molecular weight excluding hydrogens is 1220 g/mol. The summed E-state index contributed by atoms with van der Waals surface area (Å²) in [4.78, 5) is 62.9. The summed E-state index contributed by atoms with van der Waals surface area (Å²) >= 11 is 5.31. The Morgan fingerprint density at radius 1 is 0.724 bits per heavy atom. The summed E-state index contributed by atoms with van der Waals surface area (Å²) in [5, 5.41) is 46.0. The topological polar surface area (TPSA) is 267 Å². The second-order valence-corrected chi connectivity index (χ2v) is 24.9. The first-order valence-electron chi connectivity index (χ1n) is 29.5. The number of rotatable bonds is 37. The third-order valence-electron chi connectivity index (χ3n) is 14.3. The summed E-state index contributed by atoms with van der Waals surface area (Å²) in [5.74, 6) is 0.357. The number of methoxy groups -OCH3 is 1. The number of thioether (sulfide) groups is 1. The molecule has 2 aliphatic heterocycles. The summed E-state index contributed by atoms with van der Waals surface area (Å²) < 4.78 is 30.0. The van der Waals surface area contributed by atoms with Crippen LogP contribution in [0.5, 0.6) is 11.5 Å². The highest BCUT2D eigenvalue weighted by atomic mass is 79.9. The van der Waals surface area contributed by atoms with Crippen LogP contribution < -0.4 is 47.2 Å². The van der Waals surface area contributed by atoms with Crippen molar-refractivity contribution in [1.82, 2.24) is 41.6 Å². The van der Waals surface area contributed by atoms with Crippen LogP contribution >= 0.6 is 35.6 Å². The van der Waals surface area contributed by atoms with Crippen molar-refractivity contribution in [3.8, 4) is 11.5 Å². The van der Waals surface area contributed by atoms with Gasteiger partial charge in [-0.15, -0.1) is 10.2 Å². The Labute approximate surface area is 521 Å². The minimum Gasteiger partial charge on any atom is -0.504 e. The van der Waals surface area contributed by atoms with Crippen molar-refractivity contribution in [3.05, 3.63) is 148 Å². The number of aromatic nitrogens is 3. The number of amides is 5. The maximum Gasteiger partial charge on any atom is 0.338 e. The van der Waals surface area contributed by atoms with E-state index in [4.69, 9.17) is 23.7 Å². The molecule has 87 heavy (non-hydrogen) atoms. The Balaban J connectivity index is 0.632. The monoisotopic (exact) mass is 1290 g/mol. The number of aromatic hydroxyl groups is 1. The lowest BCUT2D eigenvalue weighted by molar-refractivity contribution is -0.121. The molecule has 5 aromatic carbocycles. The van der Waals surface area contributed by atoms with Crippen LogP contribution in [-0.2, 0) is 36.9 Å². The molecule has 0 aliphatic carbocycles. The number of phenols is 1. The van der Waals surface area contributed by atoms with Crippen LogP contribution in [-0.4, -0.2) is 139 Å². The molecule has 0 spiro atoms. The van der Waals surface area contributed by atoms with E-state index in [1.54, 1.807) is 53.2 Å². The molecular formula is C63H76BrN10O11PS. The fourth-order valence-corrected chi connectivity index (χ4v) is 14.2. The highest BCUT2D eigenvalue weighted by Gasteiger charge is 2.42. The molecule has 3 heterocycles. The summed E-state index contributed by atoms with van der Waals surface area (Å²) in [6.07, 6.45) is 9.97. The number of carbonyl (C=O) groups excluding carboxylic acids is 5. The number of nitrogens with one attached hydrogen (secondary N) is 5. The lowest BCUT2D eigenvalue weighted by Crippen LogP contribution is -2.36. The molecule has 6 N–H and O–H groups in total. The first-order chi connectivity index (χ1) is 42.5. The summed E-state index contributed by atoms with van der Waals surface area (Å²) in [5.41, 5.74) is 2.70. The van der Waals surface area contributed by atoms with Crippen LogP contribution in [0.15, 0.2) is 136 Å². The van der Waals surface area contributed by atoms with Crippen molar-refractivity contribution in [1.29, 1.82) is 0 Å². The average molecular weight is 1290 g/mol. The molecule has 0 saturated carbocycles. The number of hydrogen-bond acceptors (Lipinski definition) is 16. The molecule has 0 bridgehead atoms. The zero-order chi connectivity index (χ0) is 61.0. The molecule has 3 atom stereocenters. The molecule has 462 valence electrons. The maximum atomic E-state index is 13.4. The van der Waals surface area contributed by atoms with Crippen LogP contribution in [0.1, 0.15) is 101 Å². The van der Waals surface area contributed by atoms with Gasteiger partial charge in [0.25, 0.3) is 11.8 Å². The van der Waals surface area contributed by atoms with Gasteiger partial charge in [-0.1, -0.05) is 85.1 Å². The fraction of sp³-hybridized carbons (Fsp3) is 0.413. The Kier molecular flexibility index (Phi) is 26.8. The zero-order valence-electron chi connectivity index (χ0n) is 48.8. The number of fused-ring (bicyclic) bond motifs is 1. The van der Waals surface area contributed by atoms with Crippen LogP contribution in [0, 0.1) is 0 Å². The van der Waals surface area contributed by atoms with E-state index in [0.29, 0.717) is 122 Å². The van der Waals surface area contributed by atoms with E-state index in [1.165, 1.54) is 7.11 Å². The average Bonchev–Trinajstić information content (AvgIpc) is 3.85. The standard InChI is InChI=1S/C63H76BrN10O11PS/c1-81-62(79)50-27-24-45(40-54(50)86(48-16-6-4-7-17-48)49-18-8-5-9-19-49)61(78)66-30-12-2-3-13-33-74-41-47(71-73-74)42-85-53-29-28-51(59(76)57(53)64)72-70-46-25-22-44(23-26-46)60(77)67-32-15-35-83-37-39-84-38-36-82-34-14-31-65-56(75)21-11-10-20-55-58-52(43-87-55)68-63(80)69-58/h4-9,16-19,22-29,40-41,52,55,58,76H,2-3,10-15,20-21,30-39,42-43H2,1H3,(H,65,75)(H,66,78)(H,67,77)(H2,68,69,80)/t52-,55-,58-/m0/s1. The number of ether oxygens (including phenoxy) is 5. The highest BCUT2D eigenvalue weighted by molar-refractivity contribution is 9.10. The number of nitrogens with zero attached hydrogens (tertiary/aromatic N) is 5. The van der Waals surface area contributed by atoms with Gasteiger partial charge in [-0.2, -0.15) is 16.9 Å². The molecule has 5 amide bonds. The number of carbonyl (C=O) groups is 5. The van der Waals surface area contributed by atoms with Gasteiger partial charge in [-0.3, -0.25) is 19.1 Å². The first kappa shape index (κ1) is 65.7. The molecule has 8 rings (SSSR count). The number of phenolic OH excluding ortho intramolecular Hbond substituents is 1. The molecule has 21 nitrogen and oxygen atoms in total. The minimum atomic E-state index is -1.15. The zero-order valence-corrected chi connectivity index (χ0v) is 52.1. The van der Waals surface area contributed by atoms with E-state index in [-0.39, 0.29) is 53.9 Å². The number of halogens is 1. The predicted molar refractivity (Wildman–Crippen MR) is 339 cm³/mol. The molecule has 2 aliphatic rings. The second-order valence-electron chi connectivity index (χ2n) is 20.7. The Morgan fingerprint density at radius 2 is 1.37 bits per heavy atom. The van der Waals surface area contributed by atoms with Crippen molar-refractivity contribution < 1.29 is 52.8 Å². The van der Waals surface area contributed by atoms with E-state index in [0.717, 1.165) is 73.0 Å². The smallest absolute Gasteiger partial charge is 0.338 e. The van der Waals surface area contributed by atoms with Gasteiger partial charge in [0.15, 0.2) is 5.75 Å². The van der Waals surface area contributed by atoms with Crippen molar-refractivity contribution in [2.45, 2.75) is 94.7 Å². The van der Waals surface area contributed by atoms with E-state index in [1.807, 2.05) is 84.7 Å². The van der Waals surface area contributed by atoms with Gasteiger partial charge in [-0.25, -0.2) is 9.59 Å². The first-order valence-corrected chi connectivity index (χ1v) is 32.7. The van der Waals surface area contributed by atoms with Crippen LogP contribution in [0.2, 0.25) is 0 Å². The minimum absolute atomic E-state index is 0.0559. The number of aryl methyl sites for hydroxylation is 1. The number of urea groups is 1. The number of azo groups is 1. The van der Waals surface area contributed by atoms with Crippen LogP contribution in [0.25, 0.3) is 0 Å². The highest BCUT2D eigenvalue weighted by Crippen LogP contribution is 2.42. The van der Waals surface area contributed by atoms with Gasteiger partial charge in [0.1, 0.15) is 28.2 Å². The van der Waals surface area contributed by atoms with Crippen LogP contribution in [0.4, 0.5) is 16.2 Å². The molecule has 0 radical (unpaired) electrons. The van der Waals surface area contributed by atoms with Crippen molar-refractivity contribution >= 4 is 92.6 Å². The van der Waals surface area contributed by atoms with Gasteiger partial charge < -0.3 is 55.4 Å². The summed E-state index contributed by atoms with van der Waals surface area (Å²) in [7, 11) is 0.210. The quantitative estimate of drug-likeness (QED) is 0.00701. The molecule has 0 unspecified atom stereocenters. The van der Waals surface area contributed by atoms with Crippen molar-refractivity contribution in [2.24, 2.45) is 10.2 Å².